The number of rotatable bonds is 6. The number of thiazole rings is 1. The van der Waals surface area contributed by atoms with E-state index in [9.17, 15) is 23.2 Å². The van der Waals surface area contributed by atoms with Crippen LogP contribution in [0.1, 0.15) is 64.9 Å². The van der Waals surface area contributed by atoms with E-state index in [1.807, 2.05) is 24.3 Å². The van der Waals surface area contributed by atoms with Crippen LogP contribution in [-0.2, 0) is 9.47 Å². The average molecular weight is 683 g/mol. The molecule has 1 aromatic carbocycles. The molecule has 0 spiro atoms. The lowest BCUT2D eigenvalue weighted by Gasteiger charge is -2.41. The monoisotopic (exact) mass is 682 g/mol. The minimum Gasteiger partial charge on any atom is -0.444 e. The van der Waals surface area contributed by atoms with Gasteiger partial charge >= 0.3 is 12.2 Å². The van der Waals surface area contributed by atoms with Crippen LogP contribution in [0.2, 0.25) is 0 Å². The van der Waals surface area contributed by atoms with E-state index in [4.69, 9.17) is 9.47 Å². The summed E-state index contributed by atoms with van der Waals surface area (Å²) in [6, 6.07) is 2.98. The van der Waals surface area contributed by atoms with Gasteiger partial charge in [-0.2, -0.15) is 0 Å². The molecule has 256 valence electrons. The van der Waals surface area contributed by atoms with Crippen LogP contribution >= 0.6 is 11.3 Å². The zero-order chi connectivity index (χ0) is 34.8. The second-order valence-corrected chi connectivity index (χ2v) is 14.7. The van der Waals surface area contributed by atoms with Gasteiger partial charge in [0.1, 0.15) is 32.8 Å². The predicted octanol–water partition coefficient (Wildman–Crippen LogP) is 6.56. The van der Waals surface area contributed by atoms with E-state index in [-0.39, 0.29) is 33.7 Å². The van der Waals surface area contributed by atoms with Crippen molar-refractivity contribution in [3.8, 4) is 10.6 Å². The Morgan fingerprint density at radius 3 is 2.31 bits per heavy atom. The molecule has 3 atom stereocenters. The zero-order valence-electron chi connectivity index (χ0n) is 27.7. The number of dihydropyridines is 1. The number of allylic oxidation sites excluding steroid dienone is 3. The molecular weight excluding hydrogens is 642 g/mol. The van der Waals surface area contributed by atoms with Crippen LogP contribution in [0.4, 0.5) is 23.4 Å². The third kappa shape index (κ3) is 8.46. The Morgan fingerprint density at radius 2 is 1.62 bits per heavy atom. The van der Waals surface area contributed by atoms with Crippen molar-refractivity contribution in [3.63, 3.8) is 0 Å². The van der Waals surface area contributed by atoms with Gasteiger partial charge in [0.05, 0.1) is 17.3 Å². The summed E-state index contributed by atoms with van der Waals surface area (Å²) in [6.07, 6.45) is 9.53. The van der Waals surface area contributed by atoms with Gasteiger partial charge in [0, 0.05) is 37.0 Å². The van der Waals surface area contributed by atoms with Crippen molar-refractivity contribution >= 4 is 40.6 Å². The first-order valence-electron chi connectivity index (χ1n) is 15.7. The number of ether oxygens (including phenoxy) is 2. The number of benzene rings is 1. The van der Waals surface area contributed by atoms with Gasteiger partial charge in [0.25, 0.3) is 5.91 Å². The van der Waals surface area contributed by atoms with Crippen LogP contribution in [0.25, 0.3) is 10.6 Å². The summed E-state index contributed by atoms with van der Waals surface area (Å²) in [6.45, 7) is 11.6. The summed E-state index contributed by atoms with van der Waals surface area (Å²) in [7, 11) is 0. The van der Waals surface area contributed by atoms with E-state index in [1.165, 1.54) is 6.07 Å². The van der Waals surface area contributed by atoms with Crippen molar-refractivity contribution in [2.45, 2.75) is 77.7 Å². The van der Waals surface area contributed by atoms with Crippen LogP contribution in [0.15, 0.2) is 58.9 Å². The quantitative estimate of drug-likeness (QED) is 0.314. The smallest absolute Gasteiger partial charge is 0.412 e. The van der Waals surface area contributed by atoms with Crippen LogP contribution in [0.3, 0.4) is 0 Å². The lowest BCUT2D eigenvalue weighted by atomic mass is 9.87. The van der Waals surface area contributed by atoms with Gasteiger partial charge < -0.3 is 25.0 Å². The van der Waals surface area contributed by atoms with Crippen molar-refractivity contribution in [3.05, 3.63) is 71.2 Å². The molecule has 1 saturated heterocycles. The third-order valence-electron chi connectivity index (χ3n) is 7.44. The van der Waals surface area contributed by atoms with Gasteiger partial charge in [-0.25, -0.2) is 23.4 Å². The fraction of sp³-hybridized carbons (Fsp3) is 0.441. The molecule has 2 unspecified atom stereocenters. The van der Waals surface area contributed by atoms with E-state index in [0.29, 0.717) is 18.8 Å². The van der Waals surface area contributed by atoms with Gasteiger partial charge in [0.2, 0.25) is 0 Å². The maximum absolute atomic E-state index is 14.8. The molecule has 5 rings (SSSR count). The maximum Gasteiger partial charge on any atom is 0.412 e. The van der Waals surface area contributed by atoms with Crippen LogP contribution in [-0.4, -0.2) is 70.6 Å². The van der Waals surface area contributed by atoms with Crippen molar-refractivity contribution in [1.29, 1.82) is 0 Å². The van der Waals surface area contributed by atoms with Gasteiger partial charge in [0.15, 0.2) is 5.69 Å². The molecule has 1 aromatic heterocycles. The van der Waals surface area contributed by atoms with E-state index in [2.05, 4.69) is 30.8 Å². The van der Waals surface area contributed by atoms with Crippen molar-refractivity contribution in [2.75, 3.05) is 18.4 Å². The first-order valence-corrected chi connectivity index (χ1v) is 16.5. The Kier molecular flexibility index (Phi) is 10.0. The highest BCUT2D eigenvalue weighted by molar-refractivity contribution is 7.19. The maximum atomic E-state index is 14.8. The van der Waals surface area contributed by atoms with E-state index < -0.39 is 46.5 Å². The molecule has 14 heteroatoms. The molecule has 3 aliphatic rings. The van der Waals surface area contributed by atoms with E-state index in [0.717, 1.165) is 42.0 Å². The normalized spacial score (nSPS) is 20.7. The zero-order valence-corrected chi connectivity index (χ0v) is 28.5. The number of fused-ring (bicyclic) bond motifs is 1. The van der Waals surface area contributed by atoms with Gasteiger partial charge in [-0.1, -0.05) is 41.7 Å². The highest BCUT2D eigenvalue weighted by atomic mass is 32.1. The fourth-order valence-electron chi connectivity index (χ4n) is 5.61. The highest BCUT2D eigenvalue weighted by Gasteiger charge is 2.36. The topological polar surface area (TPSA) is 134 Å². The molecule has 48 heavy (non-hydrogen) atoms. The molecule has 3 amide bonds. The minimum absolute atomic E-state index is 0.0488. The molecule has 0 saturated carbocycles. The van der Waals surface area contributed by atoms with Crippen molar-refractivity contribution in [2.24, 2.45) is 10.9 Å². The molecule has 1 fully saturated rings. The Labute approximate surface area is 282 Å². The number of nitrogens with one attached hydrogen (secondary N) is 3. The molecule has 11 nitrogen and oxygen atoms in total. The number of piperidine rings is 1. The Bertz CT molecular complexity index is 1680. The standard InChI is InChI=1S/C34H40F2N6O5S/c1-33(2,3)46-31(44)38-19-11-10-16-42(18-19)27-20-12-7-8-15-23(20)37-17-24(27)39-28(43)26-30(41-32(45)47-34(4,5)6)48-29(40-26)25-21(35)13-9-14-22(25)36/h7-9,12-15,17,19-20,23H,10-11,16,18H2,1-6H3,(H,38,44)(H,39,43)(H,41,45)/t19-,20?,23?/m0/s1. The number of nitrogens with zero attached hydrogens (tertiary/aromatic N) is 3. The SMILES string of the molecule is CC(C)(C)OC(=O)Nc1sc(-c2c(F)cccc2F)nc1C(=O)NC1=C(N2CCC[C@H](NC(=O)OC(C)(C)C)C2)C2C=CC=CC2N=C1. The number of hydrogen-bond acceptors (Lipinski definition) is 9. The van der Waals surface area contributed by atoms with E-state index >= 15 is 0 Å². The number of carbonyl (C=O) groups is 3. The molecular formula is C34H40F2N6O5S. The molecule has 0 bridgehead atoms. The molecule has 0 radical (unpaired) electrons. The van der Waals surface area contributed by atoms with Crippen LogP contribution in [0, 0.1) is 17.6 Å². The van der Waals surface area contributed by atoms with Gasteiger partial charge in [-0.15, -0.1) is 0 Å². The highest BCUT2D eigenvalue weighted by Crippen LogP contribution is 2.37. The summed E-state index contributed by atoms with van der Waals surface area (Å²) >= 11 is 0.746. The number of aromatic nitrogens is 1. The summed E-state index contributed by atoms with van der Waals surface area (Å²) in [5.41, 5.74) is -0.986. The number of hydrogen-bond donors (Lipinski definition) is 3. The summed E-state index contributed by atoms with van der Waals surface area (Å²) in [4.78, 5) is 50.4. The first kappa shape index (κ1) is 34.7. The minimum atomic E-state index is -0.869. The largest absolute Gasteiger partial charge is 0.444 e. The Morgan fingerprint density at radius 1 is 0.958 bits per heavy atom. The summed E-state index contributed by atoms with van der Waals surface area (Å²) < 4.78 is 40.4. The molecule has 3 N–H and O–H groups in total. The second kappa shape index (κ2) is 13.9. The lowest BCUT2D eigenvalue weighted by molar-refractivity contribution is 0.0477. The number of alkyl carbamates (subject to hydrolysis) is 1. The third-order valence-corrected chi connectivity index (χ3v) is 8.43. The molecule has 2 aromatic rings. The first-order chi connectivity index (χ1) is 22.6. The van der Waals surface area contributed by atoms with Crippen LogP contribution in [0.5, 0.6) is 0 Å². The number of anilines is 1. The number of likely N-dealkylation sites (tertiary alicyclic amines) is 1. The molecule has 2 aliphatic heterocycles. The number of aliphatic imine (C=N–C) groups is 1. The van der Waals surface area contributed by atoms with Crippen LogP contribution < -0.4 is 16.0 Å². The number of carbonyl (C=O) groups excluding carboxylic acids is 3. The predicted molar refractivity (Wildman–Crippen MR) is 180 cm³/mol. The Hall–Kier alpha value is -4.59. The number of amides is 3. The fourth-order valence-corrected chi connectivity index (χ4v) is 6.60. The summed E-state index contributed by atoms with van der Waals surface area (Å²) in [5.74, 6) is -2.68. The average Bonchev–Trinajstić information content (AvgIpc) is 3.38. The second-order valence-electron chi connectivity index (χ2n) is 13.7. The lowest BCUT2D eigenvalue weighted by Crippen LogP contribution is -2.51. The Balaban J connectivity index is 1.48. The molecule has 3 heterocycles. The number of halogens is 2. The van der Waals surface area contributed by atoms with Crippen molar-refractivity contribution in [1.82, 2.24) is 20.5 Å². The van der Waals surface area contributed by atoms with Crippen molar-refractivity contribution < 1.29 is 32.6 Å². The van der Waals surface area contributed by atoms with Gasteiger partial charge in [-0.05, 0) is 66.5 Å². The molecule has 1 aliphatic carbocycles. The summed E-state index contributed by atoms with van der Waals surface area (Å²) in [5, 5.41) is 8.21. The van der Waals surface area contributed by atoms with Gasteiger partial charge in [-0.3, -0.25) is 15.1 Å². The van der Waals surface area contributed by atoms with E-state index in [1.54, 1.807) is 47.8 Å².